The first-order chi connectivity index (χ1) is 14.4. The highest BCUT2D eigenvalue weighted by atomic mass is 35.5. The molecule has 154 valence electrons. The van der Waals surface area contributed by atoms with Crippen LogP contribution in [0.5, 0.6) is 0 Å². The van der Waals surface area contributed by atoms with E-state index in [1.807, 2.05) is 24.3 Å². The standard InChI is InChI=1S/C22H19Cl2N3O3/c1-12(21(28)27-20-16(24)10-13(23)11-25-20)30-22(29)19-14-6-2-4-8-17(14)26-18-9-5-3-7-15(18)19/h2,4,6,8,10-12H,3,5,7,9H2,1H3,(H,25,27,28). The summed E-state index contributed by atoms with van der Waals surface area (Å²) in [5.74, 6) is -0.919. The van der Waals surface area contributed by atoms with Crippen LogP contribution in [0.25, 0.3) is 10.9 Å². The molecule has 2 heterocycles. The number of aromatic nitrogens is 2. The van der Waals surface area contributed by atoms with E-state index in [9.17, 15) is 9.59 Å². The maximum absolute atomic E-state index is 13.1. The fourth-order valence-corrected chi connectivity index (χ4v) is 4.03. The predicted molar refractivity (Wildman–Crippen MR) is 116 cm³/mol. The number of fused-ring (bicyclic) bond motifs is 2. The molecule has 0 saturated heterocycles. The van der Waals surface area contributed by atoms with Gasteiger partial charge < -0.3 is 10.1 Å². The van der Waals surface area contributed by atoms with E-state index in [0.29, 0.717) is 10.6 Å². The zero-order valence-corrected chi connectivity index (χ0v) is 17.8. The van der Waals surface area contributed by atoms with Gasteiger partial charge in [0.15, 0.2) is 11.9 Å². The van der Waals surface area contributed by atoms with E-state index in [0.717, 1.165) is 47.8 Å². The lowest BCUT2D eigenvalue weighted by Crippen LogP contribution is -2.31. The third-order valence-electron chi connectivity index (χ3n) is 5.08. The molecule has 0 radical (unpaired) electrons. The molecule has 30 heavy (non-hydrogen) atoms. The van der Waals surface area contributed by atoms with Crippen molar-refractivity contribution in [2.24, 2.45) is 0 Å². The summed E-state index contributed by atoms with van der Waals surface area (Å²) in [5.41, 5.74) is 3.10. The molecule has 1 aromatic carbocycles. The van der Waals surface area contributed by atoms with E-state index < -0.39 is 18.0 Å². The molecule has 6 nitrogen and oxygen atoms in total. The van der Waals surface area contributed by atoms with Crippen molar-refractivity contribution in [3.8, 4) is 0 Å². The summed E-state index contributed by atoms with van der Waals surface area (Å²) < 4.78 is 5.53. The van der Waals surface area contributed by atoms with Crippen molar-refractivity contribution >= 4 is 51.8 Å². The molecule has 0 fully saturated rings. The normalized spacial score (nSPS) is 14.1. The molecule has 1 N–H and O–H groups in total. The number of halogens is 2. The SMILES string of the molecule is CC(OC(=O)c1c2c(nc3ccccc13)CCCC2)C(=O)Nc1ncc(Cl)cc1Cl. The molecule has 0 spiro atoms. The third kappa shape index (κ3) is 4.11. The lowest BCUT2D eigenvalue weighted by atomic mass is 9.90. The Morgan fingerprint density at radius 2 is 1.93 bits per heavy atom. The molecule has 0 saturated carbocycles. The molecule has 1 amide bonds. The van der Waals surface area contributed by atoms with Gasteiger partial charge in [0.2, 0.25) is 0 Å². The Hall–Kier alpha value is -2.70. The summed E-state index contributed by atoms with van der Waals surface area (Å²) in [4.78, 5) is 34.4. The topological polar surface area (TPSA) is 81.2 Å². The number of carbonyl (C=O) groups excluding carboxylic acids is 2. The number of benzene rings is 1. The minimum absolute atomic E-state index is 0.153. The van der Waals surface area contributed by atoms with Gasteiger partial charge in [0, 0.05) is 17.3 Å². The van der Waals surface area contributed by atoms with Crippen LogP contribution in [0.2, 0.25) is 10.0 Å². The van der Waals surface area contributed by atoms with Gasteiger partial charge in [-0.1, -0.05) is 41.4 Å². The number of nitrogens with one attached hydrogen (secondary N) is 1. The molecule has 1 atom stereocenters. The number of aryl methyl sites for hydroxylation is 1. The number of anilines is 1. The maximum Gasteiger partial charge on any atom is 0.339 e. The summed E-state index contributed by atoms with van der Waals surface area (Å²) in [6, 6.07) is 8.96. The minimum atomic E-state index is -1.04. The van der Waals surface area contributed by atoms with Crippen molar-refractivity contribution < 1.29 is 14.3 Å². The third-order valence-corrected chi connectivity index (χ3v) is 5.57. The van der Waals surface area contributed by atoms with Crippen LogP contribution in [-0.4, -0.2) is 27.9 Å². The van der Waals surface area contributed by atoms with E-state index in [1.165, 1.54) is 19.2 Å². The smallest absolute Gasteiger partial charge is 0.339 e. The van der Waals surface area contributed by atoms with Gasteiger partial charge in [-0.05, 0) is 50.3 Å². The van der Waals surface area contributed by atoms with Crippen molar-refractivity contribution in [3.05, 3.63) is 63.4 Å². The molecule has 3 aromatic rings. The van der Waals surface area contributed by atoms with Crippen LogP contribution in [0.15, 0.2) is 36.5 Å². The second kappa shape index (κ2) is 8.58. The van der Waals surface area contributed by atoms with E-state index in [2.05, 4.69) is 10.3 Å². The van der Waals surface area contributed by atoms with E-state index in [-0.39, 0.29) is 10.8 Å². The highest BCUT2D eigenvalue weighted by molar-refractivity contribution is 6.36. The Bertz CT molecular complexity index is 1150. The van der Waals surface area contributed by atoms with E-state index in [4.69, 9.17) is 32.9 Å². The second-order valence-corrected chi connectivity index (χ2v) is 8.00. The van der Waals surface area contributed by atoms with Gasteiger partial charge in [0.05, 0.1) is 21.1 Å². The molecule has 0 aliphatic heterocycles. The zero-order valence-electron chi connectivity index (χ0n) is 16.2. The lowest BCUT2D eigenvalue weighted by Gasteiger charge is -2.21. The summed E-state index contributed by atoms with van der Waals surface area (Å²) in [6.45, 7) is 1.51. The summed E-state index contributed by atoms with van der Waals surface area (Å²) in [5, 5.41) is 3.85. The summed E-state index contributed by atoms with van der Waals surface area (Å²) in [6.07, 6.45) is 3.96. The fraction of sp³-hybridized carbons (Fsp3) is 0.273. The number of hydrogen-bond donors (Lipinski definition) is 1. The van der Waals surface area contributed by atoms with Gasteiger partial charge in [-0.2, -0.15) is 0 Å². The minimum Gasteiger partial charge on any atom is -0.449 e. The van der Waals surface area contributed by atoms with Gasteiger partial charge in [0.1, 0.15) is 0 Å². The van der Waals surface area contributed by atoms with Crippen molar-refractivity contribution in [2.75, 3.05) is 5.32 Å². The van der Waals surface area contributed by atoms with Crippen LogP contribution in [0.4, 0.5) is 5.82 Å². The average Bonchev–Trinajstić information content (AvgIpc) is 2.73. The molecular formula is C22H19Cl2N3O3. The predicted octanol–water partition coefficient (Wildman–Crippen LogP) is 5.00. The number of para-hydroxylation sites is 1. The first-order valence-corrected chi connectivity index (χ1v) is 10.4. The molecule has 4 rings (SSSR count). The number of carbonyl (C=O) groups is 2. The van der Waals surface area contributed by atoms with Crippen LogP contribution in [-0.2, 0) is 22.4 Å². The average molecular weight is 444 g/mol. The lowest BCUT2D eigenvalue weighted by molar-refractivity contribution is -0.123. The number of amides is 1. The van der Waals surface area contributed by atoms with Crippen LogP contribution < -0.4 is 5.32 Å². The highest BCUT2D eigenvalue weighted by Crippen LogP contribution is 2.30. The van der Waals surface area contributed by atoms with Crippen molar-refractivity contribution in [2.45, 2.75) is 38.7 Å². The maximum atomic E-state index is 13.1. The number of rotatable bonds is 4. The second-order valence-electron chi connectivity index (χ2n) is 7.16. The number of esters is 1. The zero-order chi connectivity index (χ0) is 21.3. The van der Waals surface area contributed by atoms with Crippen LogP contribution in [0.1, 0.15) is 41.4 Å². The highest BCUT2D eigenvalue weighted by Gasteiger charge is 2.26. The molecule has 1 aliphatic rings. The number of pyridine rings is 2. The molecule has 8 heteroatoms. The van der Waals surface area contributed by atoms with Crippen molar-refractivity contribution in [1.82, 2.24) is 9.97 Å². The Morgan fingerprint density at radius 3 is 2.73 bits per heavy atom. The molecule has 1 aliphatic carbocycles. The Labute approximate surface area is 183 Å². The Morgan fingerprint density at radius 1 is 1.17 bits per heavy atom. The molecule has 1 unspecified atom stereocenters. The van der Waals surface area contributed by atoms with Gasteiger partial charge in [0.25, 0.3) is 5.91 Å². The largest absolute Gasteiger partial charge is 0.449 e. The van der Waals surface area contributed by atoms with Crippen molar-refractivity contribution in [1.29, 1.82) is 0 Å². The van der Waals surface area contributed by atoms with E-state index in [1.54, 1.807) is 0 Å². The van der Waals surface area contributed by atoms with Gasteiger partial charge in [-0.3, -0.25) is 9.78 Å². The molecule has 0 bridgehead atoms. The molecular weight excluding hydrogens is 425 g/mol. The summed E-state index contributed by atoms with van der Waals surface area (Å²) in [7, 11) is 0. The first kappa shape index (κ1) is 20.6. The van der Waals surface area contributed by atoms with Crippen LogP contribution >= 0.6 is 23.2 Å². The number of ether oxygens (including phenoxy) is 1. The van der Waals surface area contributed by atoms with Crippen molar-refractivity contribution in [3.63, 3.8) is 0 Å². The Balaban J connectivity index is 1.59. The monoisotopic (exact) mass is 443 g/mol. The Kier molecular flexibility index (Phi) is 5.88. The number of hydrogen-bond acceptors (Lipinski definition) is 5. The fourth-order valence-electron chi connectivity index (χ4n) is 3.60. The van der Waals surface area contributed by atoms with Crippen LogP contribution in [0.3, 0.4) is 0 Å². The summed E-state index contributed by atoms with van der Waals surface area (Å²) >= 11 is 11.9. The van der Waals surface area contributed by atoms with E-state index >= 15 is 0 Å². The van der Waals surface area contributed by atoms with Gasteiger partial charge in [-0.15, -0.1) is 0 Å². The van der Waals surface area contributed by atoms with Crippen LogP contribution in [0, 0.1) is 0 Å². The number of nitrogens with zero attached hydrogens (tertiary/aromatic N) is 2. The first-order valence-electron chi connectivity index (χ1n) is 9.67. The molecule has 2 aromatic heterocycles. The quantitative estimate of drug-likeness (QED) is 0.573. The van der Waals surface area contributed by atoms with Gasteiger partial charge in [-0.25, -0.2) is 9.78 Å². The van der Waals surface area contributed by atoms with Gasteiger partial charge >= 0.3 is 5.97 Å².